The molecule has 0 N–H and O–H groups in total. The number of Topliss-reactive ketones (excluding diaryl/α,β-unsaturated/α-hetero) is 1. The molecule has 2 rings (SSSR count). The Balaban J connectivity index is 2.39. The van der Waals surface area contributed by atoms with E-state index in [0.717, 1.165) is 5.56 Å². The number of hydrogen-bond acceptors (Lipinski definition) is 3. The number of carbonyl (C=O) groups excluding carboxylic acids is 1. The molecule has 0 amide bonds. The van der Waals surface area contributed by atoms with Gasteiger partial charge >= 0.3 is 0 Å². The second kappa shape index (κ2) is 3.46. The number of hydrogen-bond donors (Lipinski definition) is 0. The summed E-state index contributed by atoms with van der Waals surface area (Å²) in [5, 5.41) is 0. The highest BCUT2D eigenvalue weighted by atomic mass is 16.4. The first-order valence-corrected chi connectivity index (χ1v) is 4.29. The van der Waals surface area contributed by atoms with Gasteiger partial charge in [-0.05, 0) is 0 Å². The van der Waals surface area contributed by atoms with E-state index in [1.807, 2.05) is 30.3 Å². The smallest absolute Gasteiger partial charge is 0.263 e. The molecule has 0 atom stereocenters. The van der Waals surface area contributed by atoms with Crippen molar-refractivity contribution in [3.8, 4) is 11.3 Å². The van der Waals surface area contributed by atoms with Crippen molar-refractivity contribution in [1.29, 1.82) is 0 Å². The Morgan fingerprint density at radius 1 is 1.29 bits per heavy atom. The van der Waals surface area contributed by atoms with E-state index in [0.29, 0.717) is 5.76 Å². The zero-order valence-corrected chi connectivity index (χ0v) is 7.73. The van der Waals surface area contributed by atoms with Gasteiger partial charge in [0.05, 0.1) is 6.20 Å². The zero-order valence-electron chi connectivity index (χ0n) is 7.73. The number of ketones is 1. The molecule has 14 heavy (non-hydrogen) atoms. The van der Waals surface area contributed by atoms with Crippen LogP contribution in [0.2, 0.25) is 0 Å². The van der Waals surface area contributed by atoms with Crippen molar-refractivity contribution in [3.63, 3.8) is 0 Å². The number of rotatable bonds is 2. The number of oxazole rings is 1. The topological polar surface area (TPSA) is 43.1 Å². The van der Waals surface area contributed by atoms with E-state index in [9.17, 15) is 4.79 Å². The summed E-state index contributed by atoms with van der Waals surface area (Å²) in [5.41, 5.74) is 0.924. The van der Waals surface area contributed by atoms with Crippen LogP contribution in [0.25, 0.3) is 11.3 Å². The highest BCUT2D eigenvalue weighted by molar-refractivity contribution is 5.89. The highest BCUT2D eigenvalue weighted by Gasteiger charge is 2.08. The number of nitrogens with zero attached hydrogens (tertiary/aromatic N) is 1. The fourth-order valence-electron chi connectivity index (χ4n) is 1.17. The lowest BCUT2D eigenvalue weighted by atomic mass is 10.2. The summed E-state index contributed by atoms with van der Waals surface area (Å²) in [6, 6.07) is 9.55. The average molecular weight is 187 g/mol. The van der Waals surface area contributed by atoms with Crippen molar-refractivity contribution in [3.05, 3.63) is 42.4 Å². The van der Waals surface area contributed by atoms with Gasteiger partial charge in [0.15, 0.2) is 5.76 Å². The number of benzene rings is 1. The molecule has 1 aromatic carbocycles. The Hall–Kier alpha value is -1.90. The summed E-state index contributed by atoms with van der Waals surface area (Å²) in [6.07, 6.45) is 1.56. The first-order chi connectivity index (χ1) is 6.77. The standard InChI is InChI=1S/C11H9NO2/c1-8(13)11-12-7-10(14-11)9-5-3-2-4-6-9/h2-7H,1H3. The van der Waals surface area contributed by atoms with E-state index < -0.39 is 0 Å². The lowest BCUT2D eigenvalue weighted by Gasteiger charge is -1.92. The third kappa shape index (κ3) is 1.57. The molecular formula is C11H9NO2. The lowest BCUT2D eigenvalue weighted by Crippen LogP contribution is -1.89. The predicted octanol–water partition coefficient (Wildman–Crippen LogP) is 2.54. The molecule has 0 aliphatic heterocycles. The van der Waals surface area contributed by atoms with Crippen LogP contribution >= 0.6 is 0 Å². The van der Waals surface area contributed by atoms with E-state index in [2.05, 4.69) is 4.98 Å². The minimum absolute atomic E-state index is 0.156. The second-order valence-corrected chi connectivity index (χ2v) is 2.95. The molecular weight excluding hydrogens is 178 g/mol. The number of aromatic nitrogens is 1. The van der Waals surface area contributed by atoms with Crippen molar-refractivity contribution >= 4 is 5.78 Å². The molecule has 0 spiro atoms. The lowest BCUT2D eigenvalue weighted by molar-refractivity contribution is 0.0981. The number of carbonyl (C=O) groups is 1. The average Bonchev–Trinajstić information content (AvgIpc) is 2.68. The van der Waals surface area contributed by atoms with Gasteiger partial charge in [0, 0.05) is 12.5 Å². The van der Waals surface area contributed by atoms with Crippen LogP contribution in [0.4, 0.5) is 0 Å². The molecule has 0 aliphatic rings. The van der Waals surface area contributed by atoms with Crippen molar-refractivity contribution in [2.45, 2.75) is 6.92 Å². The first kappa shape index (κ1) is 8.69. The van der Waals surface area contributed by atoms with E-state index >= 15 is 0 Å². The van der Waals surface area contributed by atoms with Crippen LogP contribution in [-0.4, -0.2) is 10.8 Å². The van der Waals surface area contributed by atoms with Gasteiger partial charge in [-0.25, -0.2) is 4.98 Å². The molecule has 2 aromatic rings. The summed E-state index contributed by atoms with van der Waals surface area (Å²) in [4.78, 5) is 14.8. The van der Waals surface area contributed by atoms with Gasteiger partial charge in [0.2, 0.25) is 5.78 Å². The quantitative estimate of drug-likeness (QED) is 0.678. The van der Waals surface area contributed by atoms with Crippen LogP contribution in [-0.2, 0) is 0 Å². The van der Waals surface area contributed by atoms with Gasteiger partial charge in [-0.1, -0.05) is 30.3 Å². The van der Waals surface area contributed by atoms with Crippen LogP contribution in [0.5, 0.6) is 0 Å². The van der Waals surface area contributed by atoms with Crippen molar-refractivity contribution in [2.24, 2.45) is 0 Å². The van der Waals surface area contributed by atoms with Gasteiger partial charge in [0.25, 0.3) is 5.89 Å². The maximum Gasteiger partial charge on any atom is 0.263 e. The molecule has 0 unspecified atom stereocenters. The Labute approximate surface area is 81.4 Å². The van der Waals surface area contributed by atoms with E-state index in [4.69, 9.17) is 4.42 Å². The van der Waals surface area contributed by atoms with Crippen LogP contribution in [0, 0.1) is 0 Å². The SMILES string of the molecule is CC(=O)c1ncc(-c2ccccc2)o1. The maximum absolute atomic E-state index is 10.9. The van der Waals surface area contributed by atoms with Crippen LogP contribution in [0.3, 0.4) is 0 Å². The zero-order chi connectivity index (χ0) is 9.97. The Morgan fingerprint density at radius 3 is 2.57 bits per heavy atom. The van der Waals surface area contributed by atoms with Gasteiger partial charge in [-0.2, -0.15) is 0 Å². The highest BCUT2D eigenvalue weighted by Crippen LogP contribution is 2.19. The van der Waals surface area contributed by atoms with Gasteiger partial charge in [0.1, 0.15) is 0 Å². The van der Waals surface area contributed by atoms with Crippen molar-refractivity contribution < 1.29 is 9.21 Å². The van der Waals surface area contributed by atoms with Crippen molar-refractivity contribution in [1.82, 2.24) is 4.98 Å². The van der Waals surface area contributed by atoms with Crippen LogP contribution in [0.1, 0.15) is 17.6 Å². The monoisotopic (exact) mass is 187 g/mol. The fraction of sp³-hybridized carbons (Fsp3) is 0.0909. The molecule has 0 bridgehead atoms. The Morgan fingerprint density at radius 2 is 2.00 bits per heavy atom. The molecule has 3 nitrogen and oxygen atoms in total. The normalized spacial score (nSPS) is 10.1. The van der Waals surface area contributed by atoms with E-state index in [1.54, 1.807) is 6.20 Å². The molecule has 3 heteroatoms. The van der Waals surface area contributed by atoms with Crippen LogP contribution < -0.4 is 0 Å². The minimum atomic E-state index is -0.160. The predicted molar refractivity (Wildman–Crippen MR) is 51.9 cm³/mol. The van der Waals surface area contributed by atoms with Gasteiger partial charge in [-0.15, -0.1) is 0 Å². The maximum atomic E-state index is 10.9. The third-order valence-corrected chi connectivity index (χ3v) is 1.87. The van der Waals surface area contributed by atoms with Gasteiger partial charge in [-0.3, -0.25) is 4.79 Å². The molecule has 0 radical (unpaired) electrons. The summed E-state index contributed by atoms with van der Waals surface area (Å²) >= 11 is 0. The minimum Gasteiger partial charge on any atom is -0.434 e. The fourth-order valence-corrected chi connectivity index (χ4v) is 1.17. The molecule has 0 fully saturated rings. The molecule has 0 saturated carbocycles. The molecule has 1 heterocycles. The summed E-state index contributed by atoms with van der Waals surface area (Å²) in [5.74, 6) is 0.617. The summed E-state index contributed by atoms with van der Waals surface area (Å²) < 4.78 is 5.27. The third-order valence-electron chi connectivity index (χ3n) is 1.87. The van der Waals surface area contributed by atoms with Crippen molar-refractivity contribution in [2.75, 3.05) is 0 Å². The second-order valence-electron chi connectivity index (χ2n) is 2.95. The largest absolute Gasteiger partial charge is 0.434 e. The van der Waals surface area contributed by atoms with E-state index in [1.165, 1.54) is 6.92 Å². The Kier molecular flexibility index (Phi) is 2.14. The summed E-state index contributed by atoms with van der Waals surface area (Å²) in [6.45, 7) is 1.43. The van der Waals surface area contributed by atoms with Gasteiger partial charge < -0.3 is 4.42 Å². The summed E-state index contributed by atoms with van der Waals surface area (Å²) in [7, 11) is 0. The Bertz CT molecular complexity index is 445. The first-order valence-electron chi connectivity index (χ1n) is 4.29. The molecule has 70 valence electrons. The molecule has 0 aliphatic carbocycles. The molecule has 1 aromatic heterocycles. The van der Waals surface area contributed by atoms with E-state index in [-0.39, 0.29) is 11.7 Å². The van der Waals surface area contributed by atoms with Crippen LogP contribution in [0.15, 0.2) is 40.9 Å². The molecule has 0 saturated heterocycles.